The lowest BCUT2D eigenvalue weighted by Gasteiger charge is -2.35. The molecule has 5 rings (SSSR count). The number of fused-ring (bicyclic) bond motifs is 1. The molecule has 1 aromatic heterocycles. The number of hydrogen-bond acceptors (Lipinski definition) is 4. The Balaban J connectivity index is 1.26. The van der Waals surface area contributed by atoms with Crippen molar-refractivity contribution in [3.05, 3.63) is 52.1 Å². The molecule has 2 aliphatic heterocycles. The molecular formula is C26H31F3N4O3. The number of amides is 2. The Morgan fingerprint density at radius 3 is 2.39 bits per heavy atom. The van der Waals surface area contributed by atoms with Crippen molar-refractivity contribution in [2.75, 3.05) is 26.2 Å². The topological polar surface area (TPSA) is 67.7 Å². The van der Waals surface area contributed by atoms with Gasteiger partial charge in [-0.25, -0.2) is 13.2 Å². The van der Waals surface area contributed by atoms with Gasteiger partial charge in [0.1, 0.15) is 6.54 Å². The highest BCUT2D eigenvalue weighted by molar-refractivity contribution is 5.94. The number of benzene rings is 1. The molecule has 0 spiro atoms. The van der Waals surface area contributed by atoms with E-state index in [0.717, 1.165) is 36.6 Å². The molecule has 10 heteroatoms. The first-order valence-corrected chi connectivity index (χ1v) is 12.7. The Bertz CT molecular complexity index is 1170. The maximum atomic E-state index is 14.2. The molecule has 2 amide bonds. The van der Waals surface area contributed by atoms with E-state index < -0.39 is 17.5 Å². The molecule has 0 bridgehead atoms. The molecule has 3 aliphatic rings. The van der Waals surface area contributed by atoms with Crippen LogP contribution in [0.15, 0.2) is 12.1 Å². The van der Waals surface area contributed by atoms with Crippen LogP contribution in [-0.2, 0) is 28.9 Å². The smallest absolute Gasteiger partial charge is 0.274 e. The zero-order valence-electron chi connectivity index (χ0n) is 20.6. The third kappa shape index (κ3) is 4.63. The quantitative estimate of drug-likeness (QED) is 0.599. The predicted octanol–water partition coefficient (Wildman–Crippen LogP) is 3.44. The summed E-state index contributed by atoms with van der Waals surface area (Å²) in [5.41, 5.74) is 2.47. The third-order valence-electron chi connectivity index (χ3n) is 7.55. The van der Waals surface area contributed by atoms with Crippen molar-refractivity contribution in [2.24, 2.45) is 0 Å². The van der Waals surface area contributed by atoms with E-state index in [-0.39, 0.29) is 42.0 Å². The van der Waals surface area contributed by atoms with Crippen molar-refractivity contribution in [1.82, 2.24) is 19.6 Å². The Morgan fingerprint density at radius 2 is 1.69 bits per heavy atom. The van der Waals surface area contributed by atoms with Crippen LogP contribution in [0.3, 0.4) is 0 Å². The van der Waals surface area contributed by atoms with Gasteiger partial charge in [-0.2, -0.15) is 5.10 Å². The lowest BCUT2D eigenvalue weighted by molar-refractivity contribution is -0.133. The highest BCUT2D eigenvalue weighted by Crippen LogP contribution is 2.32. The molecule has 0 N–H and O–H groups in total. The van der Waals surface area contributed by atoms with Crippen LogP contribution < -0.4 is 0 Å². The summed E-state index contributed by atoms with van der Waals surface area (Å²) >= 11 is 0. The Kier molecular flexibility index (Phi) is 6.80. The Hall–Kier alpha value is -2.88. The van der Waals surface area contributed by atoms with Crippen LogP contribution in [0, 0.1) is 17.5 Å². The molecule has 0 unspecified atom stereocenters. The lowest BCUT2D eigenvalue weighted by Crippen LogP contribution is -2.48. The largest absolute Gasteiger partial charge is 0.372 e. The minimum Gasteiger partial charge on any atom is -0.372 e. The van der Waals surface area contributed by atoms with E-state index in [1.807, 2.05) is 13.8 Å². The minimum atomic E-state index is -1.45. The first-order chi connectivity index (χ1) is 17.2. The molecule has 0 saturated carbocycles. The van der Waals surface area contributed by atoms with Gasteiger partial charge in [0.2, 0.25) is 5.91 Å². The van der Waals surface area contributed by atoms with E-state index in [1.165, 1.54) is 6.07 Å². The Morgan fingerprint density at radius 1 is 1.00 bits per heavy atom. The average Bonchev–Trinajstić information content (AvgIpc) is 3.46. The number of nitrogens with zero attached hydrogens (tertiary/aromatic N) is 4. The maximum absolute atomic E-state index is 14.2. The van der Waals surface area contributed by atoms with Gasteiger partial charge in [-0.3, -0.25) is 14.3 Å². The second kappa shape index (κ2) is 9.88. The standard InChI is InChI=1S/C26H31F3N4O3/c1-15-12-32(13-16(2)36-15)26(35)25-19-4-3-5-21(19)33(30-25)14-22(34)31-10-8-17(9-11-31)18-6-7-20(27)24(29)23(18)28/h6-7,15-17H,3-5,8-14H2,1-2H3/t15-,16+. The van der Waals surface area contributed by atoms with Crippen molar-refractivity contribution in [3.63, 3.8) is 0 Å². The van der Waals surface area contributed by atoms with Gasteiger partial charge in [-0.15, -0.1) is 0 Å². The number of carbonyl (C=O) groups excluding carboxylic acids is 2. The van der Waals surface area contributed by atoms with Gasteiger partial charge in [0, 0.05) is 37.4 Å². The molecule has 36 heavy (non-hydrogen) atoms. The summed E-state index contributed by atoms with van der Waals surface area (Å²) in [6.07, 6.45) is 3.29. The zero-order valence-corrected chi connectivity index (χ0v) is 20.6. The van der Waals surface area contributed by atoms with Gasteiger partial charge >= 0.3 is 0 Å². The SMILES string of the molecule is C[C@@H]1CN(C(=O)c2nn(CC(=O)N3CCC(c4ccc(F)c(F)c4F)CC3)c3c2CCC3)C[C@H](C)O1. The number of carbonyl (C=O) groups is 2. The first kappa shape index (κ1) is 24.8. The summed E-state index contributed by atoms with van der Waals surface area (Å²) in [6, 6.07) is 2.23. The molecular weight excluding hydrogens is 473 g/mol. The number of piperidine rings is 1. The normalized spacial score (nSPS) is 22.7. The zero-order chi connectivity index (χ0) is 25.6. The molecule has 2 fully saturated rings. The van der Waals surface area contributed by atoms with Crippen molar-refractivity contribution >= 4 is 11.8 Å². The van der Waals surface area contributed by atoms with E-state index in [1.54, 1.807) is 14.5 Å². The number of rotatable bonds is 4. The molecule has 2 saturated heterocycles. The van der Waals surface area contributed by atoms with E-state index in [0.29, 0.717) is 44.7 Å². The van der Waals surface area contributed by atoms with Crippen molar-refractivity contribution in [3.8, 4) is 0 Å². The Labute approximate surface area is 208 Å². The number of halogens is 3. The molecule has 0 radical (unpaired) electrons. The van der Waals surface area contributed by atoms with E-state index >= 15 is 0 Å². The predicted molar refractivity (Wildman–Crippen MR) is 125 cm³/mol. The number of aromatic nitrogens is 2. The van der Waals surface area contributed by atoms with E-state index in [2.05, 4.69) is 5.10 Å². The molecule has 194 valence electrons. The molecule has 3 heterocycles. The average molecular weight is 505 g/mol. The second-order valence-electron chi connectivity index (χ2n) is 10.2. The van der Waals surface area contributed by atoms with Crippen molar-refractivity contribution < 1.29 is 27.5 Å². The fraction of sp³-hybridized carbons (Fsp3) is 0.577. The van der Waals surface area contributed by atoms with Gasteiger partial charge in [0.25, 0.3) is 5.91 Å². The summed E-state index contributed by atoms with van der Waals surface area (Å²) in [5, 5.41) is 4.59. The summed E-state index contributed by atoms with van der Waals surface area (Å²) in [7, 11) is 0. The van der Waals surface area contributed by atoms with Gasteiger partial charge in [-0.05, 0) is 63.5 Å². The third-order valence-corrected chi connectivity index (χ3v) is 7.55. The lowest BCUT2D eigenvalue weighted by atomic mass is 9.89. The summed E-state index contributed by atoms with van der Waals surface area (Å²) in [6.45, 7) is 5.73. The number of ether oxygens (including phenoxy) is 1. The monoisotopic (exact) mass is 504 g/mol. The molecule has 2 atom stereocenters. The summed E-state index contributed by atoms with van der Waals surface area (Å²) in [5.74, 6) is -4.32. The molecule has 2 aromatic rings. The van der Waals surface area contributed by atoms with Crippen LogP contribution in [0.4, 0.5) is 13.2 Å². The molecule has 1 aromatic carbocycles. The van der Waals surface area contributed by atoms with Crippen LogP contribution >= 0.6 is 0 Å². The van der Waals surface area contributed by atoms with Crippen LogP contribution in [0.1, 0.15) is 66.3 Å². The van der Waals surface area contributed by atoms with Gasteiger partial charge in [0.15, 0.2) is 23.1 Å². The highest BCUT2D eigenvalue weighted by Gasteiger charge is 2.34. The summed E-state index contributed by atoms with van der Waals surface area (Å²) < 4.78 is 48.6. The van der Waals surface area contributed by atoms with Gasteiger partial charge in [0.05, 0.1) is 12.2 Å². The molecule has 1 aliphatic carbocycles. The fourth-order valence-corrected chi connectivity index (χ4v) is 5.83. The van der Waals surface area contributed by atoms with Gasteiger partial charge < -0.3 is 14.5 Å². The maximum Gasteiger partial charge on any atom is 0.274 e. The van der Waals surface area contributed by atoms with Crippen LogP contribution in [-0.4, -0.2) is 69.8 Å². The minimum absolute atomic E-state index is 0.0374. The van der Waals surface area contributed by atoms with Crippen molar-refractivity contribution in [1.29, 1.82) is 0 Å². The number of morpholine rings is 1. The van der Waals surface area contributed by atoms with Crippen molar-refractivity contribution in [2.45, 2.75) is 70.6 Å². The summed E-state index contributed by atoms with van der Waals surface area (Å²) in [4.78, 5) is 29.9. The number of hydrogen-bond donors (Lipinski definition) is 0. The van der Waals surface area contributed by atoms with Crippen LogP contribution in [0.25, 0.3) is 0 Å². The van der Waals surface area contributed by atoms with E-state index in [9.17, 15) is 22.8 Å². The van der Waals surface area contributed by atoms with E-state index in [4.69, 9.17) is 4.74 Å². The molecule has 7 nitrogen and oxygen atoms in total. The van der Waals surface area contributed by atoms with Gasteiger partial charge in [-0.1, -0.05) is 6.07 Å². The number of likely N-dealkylation sites (tertiary alicyclic amines) is 1. The second-order valence-corrected chi connectivity index (χ2v) is 10.2. The first-order valence-electron chi connectivity index (χ1n) is 12.7. The van der Waals surface area contributed by atoms with Crippen LogP contribution in [0.5, 0.6) is 0 Å². The van der Waals surface area contributed by atoms with Crippen LogP contribution in [0.2, 0.25) is 0 Å². The fourth-order valence-electron chi connectivity index (χ4n) is 5.83. The highest BCUT2D eigenvalue weighted by atomic mass is 19.2.